The van der Waals surface area contributed by atoms with Gasteiger partial charge in [-0.25, -0.2) is 8.78 Å². The molecule has 3 aromatic rings. The van der Waals surface area contributed by atoms with E-state index in [2.05, 4.69) is 20.4 Å². The van der Waals surface area contributed by atoms with E-state index in [-0.39, 0.29) is 17.7 Å². The van der Waals surface area contributed by atoms with Crippen LogP contribution >= 0.6 is 0 Å². The molecule has 1 atom stereocenters. The van der Waals surface area contributed by atoms with Crippen molar-refractivity contribution < 1.29 is 18.0 Å². The number of fused-ring (bicyclic) bond motifs is 1. The molecule has 9 heteroatoms. The minimum absolute atomic E-state index is 0.236. The molecule has 29 heavy (non-hydrogen) atoms. The van der Waals surface area contributed by atoms with Gasteiger partial charge in [0.25, 0.3) is 5.91 Å². The Hall–Kier alpha value is -3.07. The average Bonchev–Trinajstić information content (AvgIpc) is 3.32. The van der Waals surface area contributed by atoms with Crippen molar-refractivity contribution in [3.63, 3.8) is 0 Å². The Labute approximate surface area is 166 Å². The number of nitrogens with zero attached hydrogens (tertiary/aromatic N) is 4. The van der Waals surface area contributed by atoms with Gasteiger partial charge in [-0.2, -0.15) is 0 Å². The van der Waals surface area contributed by atoms with E-state index in [1.807, 2.05) is 11.5 Å². The van der Waals surface area contributed by atoms with Gasteiger partial charge in [-0.15, -0.1) is 10.2 Å². The number of carbonyl (C=O) groups excluding carboxylic acids is 1. The molecule has 1 amide bonds. The van der Waals surface area contributed by atoms with Crippen molar-refractivity contribution in [3.8, 4) is 0 Å². The van der Waals surface area contributed by atoms with Gasteiger partial charge in [0.15, 0.2) is 11.6 Å². The number of nitrogens with one attached hydrogen (secondary N) is 1. The molecule has 1 aliphatic heterocycles. The van der Waals surface area contributed by atoms with Crippen molar-refractivity contribution in [1.29, 1.82) is 0 Å². The maximum atomic E-state index is 14.0. The van der Waals surface area contributed by atoms with E-state index in [4.69, 9.17) is 4.42 Å². The van der Waals surface area contributed by atoms with Gasteiger partial charge in [-0.05, 0) is 25.1 Å². The number of aromatic nitrogens is 3. The quantitative estimate of drug-likeness (QED) is 0.712. The predicted molar refractivity (Wildman–Crippen MR) is 100.0 cm³/mol. The summed E-state index contributed by atoms with van der Waals surface area (Å²) >= 11 is 0. The van der Waals surface area contributed by atoms with Gasteiger partial charge in [-0.3, -0.25) is 9.69 Å². The first-order chi connectivity index (χ1) is 14.0. The fourth-order valence-electron chi connectivity index (χ4n) is 3.50. The molecule has 1 aromatic carbocycles. The number of furan rings is 1. The highest BCUT2D eigenvalue weighted by Crippen LogP contribution is 2.18. The minimum atomic E-state index is -0.580. The zero-order chi connectivity index (χ0) is 20.4. The molecule has 1 aliphatic rings. The van der Waals surface area contributed by atoms with Crippen LogP contribution in [0, 0.1) is 11.6 Å². The van der Waals surface area contributed by atoms with E-state index < -0.39 is 11.6 Å². The molecule has 1 unspecified atom stereocenters. The van der Waals surface area contributed by atoms with Gasteiger partial charge < -0.3 is 14.3 Å². The summed E-state index contributed by atoms with van der Waals surface area (Å²) in [6.07, 6.45) is 2.09. The van der Waals surface area contributed by atoms with Gasteiger partial charge in [0.05, 0.1) is 12.3 Å². The normalized spacial score (nSPS) is 15.6. The maximum absolute atomic E-state index is 14.0. The van der Waals surface area contributed by atoms with Gasteiger partial charge in [-0.1, -0.05) is 6.07 Å². The van der Waals surface area contributed by atoms with Crippen molar-refractivity contribution >= 4 is 5.91 Å². The van der Waals surface area contributed by atoms with Crippen molar-refractivity contribution in [2.45, 2.75) is 32.5 Å². The molecule has 0 bridgehead atoms. The molecule has 152 valence electrons. The molecule has 2 aromatic heterocycles. The molecule has 1 N–H and O–H groups in total. The predicted octanol–water partition coefficient (Wildman–Crippen LogP) is 2.70. The smallest absolute Gasteiger partial charge is 0.287 e. The summed E-state index contributed by atoms with van der Waals surface area (Å²) in [5.74, 6) is 0.282. The second-order valence-electron chi connectivity index (χ2n) is 7.06. The van der Waals surface area contributed by atoms with Crippen molar-refractivity contribution in [2.24, 2.45) is 0 Å². The molecule has 0 saturated carbocycles. The second kappa shape index (κ2) is 8.12. The van der Waals surface area contributed by atoms with Crippen LogP contribution in [0.5, 0.6) is 0 Å². The Morgan fingerprint density at radius 3 is 2.86 bits per heavy atom. The summed E-state index contributed by atoms with van der Waals surface area (Å²) in [5.41, 5.74) is 0.461. The molecule has 0 radical (unpaired) electrons. The highest BCUT2D eigenvalue weighted by atomic mass is 19.1. The molecule has 0 saturated heterocycles. The molecule has 0 fully saturated rings. The van der Waals surface area contributed by atoms with Crippen LogP contribution in [0.1, 0.15) is 40.7 Å². The number of hydrogen-bond acceptors (Lipinski definition) is 5. The lowest BCUT2D eigenvalue weighted by Gasteiger charge is -2.20. The van der Waals surface area contributed by atoms with Crippen LogP contribution in [0.3, 0.4) is 0 Å². The number of rotatable bonds is 5. The van der Waals surface area contributed by atoms with E-state index in [1.54, 1.807) is 12.1 Å². The van der Waals surface area contributed by atoms with Crippen molar-refractivity contribution in [3.05, 3.63) is 71.2 Å². The third kappa shape index (κ3) is 4.19. The Morgan fingerprint density at radius 2 is 2.10 bits per heavy atom. The largest absolute Gasteiger partial charge is 0.459 e. The van der Waals surface area contributed by atoms with Crippen LogP contribution in [-0.2, 0) is 19.5 Å². The fraction of sp³-hybridized carbons (Fsp3) is 0.350. The first kappa shape index (κ1) is 19.3. The Kier molecular flexibility index (Phi) is 5.39. The van der Waals surface area contributed by atoms with Crippen molar-refractivity contribution in [2.75, 3.05) is 13.1 Å². The molecule has 0 spiro atoms. The van der Waals surface area contributed by atoms with E-state index in [1.165, 1.54) is 18.4 Å². The third-order valence-electron chi connectivity index (χ3n) is 5.04. The molecule has 7 nitrogen and oxygen atoms in total. The van der Waals surface area contributed by atoms with Crippen LogP contribution in [0.25, 0.3) is 0 Å². The van der Waals surface area contributed by atoms with Crippen LogP contribution in [0.2, 0.25) is 0 Å². The maximum Gasteiger partial charge on any atom is 0.287 e. The van der Waals surface area contributed by atoms with E-state index in [9.17, 15) is 13.6 Å². The summed E-state index contributed by atoms with van der Waals surface area (Å²) in [5, 5.41) is 11.4. The minimum Gasteiger partial charge on any atom is -0.459 e. The summed E-state index contributed by atoms with van der Waals surface area (Å²) < 4.78 is 34.2. The molecular formula is C20H21F2N5O2. The summed E-state index contributed by atoms with van der Waals surface area (Å²) in [6.45, 7) is 4.19. The van der Waals surface area contributed by atoms with Gasteiger partial charge in [0, 0.05) is 44.2 Å². The number of hydrogen-bond donors (Lipinski definition) is 1. The summed E-state index contributed by atoms with van der Waals surface area (Å²) in [4.78, 5) is 14.3. The SMILES string of the molecule is CC(NC(=O)c1ccco1)c1nnc2n1CCN(Cc1ccc(F)cc1F)CC2. The monoisotopic (exact) mass is 401 g/mol. The van der Waals surface area contributed by atoms with Gasteiger partial charge in [0.1, 0.15) is 17.5 Å². The highest BCUT2D eigenvalue weighted by molar-refractivity contribution is 5.91. The lowest BCUT2D eigenvalue weighted by molar-refractivity contribution is 0.0909. The number of halogens is 2. The first-order valence-corrected chi connectivity index (χ1v) is 9.44. The van der Waals surface area contributed by atoms with E-state index in [0.29, 0.717) is 44.0 Å². The topological polar surface area (TPSA) is 76.2 Å². The average molecular weight is 401 g/mol. The zero-order valence-corrected chi connectivity index (χ0v) is 15.9. The Morgan fingerprint density at radius 1 is 1.24 bits per heavy atom. The fourth-order valence-corrected chi connectivity index (χ4v) is 3.50. The molecule has 3 heterocycles. The van der Waals surface area contributed by atoms with Crippen LogP contribution in [0.4, 0.5) is 8.78 Å². The Balaban J connectivity index is 1.43. The highest BCUT2D eigenvalue weighted by Gasteiger charge is 2.24. The number of amides is 1. The first-order valence-electron chi connectivity index (χ1n) is 9.44. The lowest BCUT2D eigenvalue weighted by atomic mass is 10.2. The number of benzene rings is 1. The third-order valence-corrected chi connectivity index (χ3v) is 5.04. The summed E-state index contributed by atoms with van der Waals surface area (Å²) in [6, 6.07) is 6.55. The van der Waals surface area contributed by atoms with Crippen molar-refractivity contribution in [1.82, 2.24) is 25.0 Å². The standard InChI is InChI=1S/C20H21F2N5O2/c1-13(23-20(28)17-3-2-10-29-17)19-25-24-18-6-7-26(8-9-27(18)19)12-14-4-5-15(21)11-16(14)22/h2-5,10-11,13H,6-9,12H2,1H3,(H,23,28). The summed E-state index contributed by atoms with van der Waals surface area (Å²) in [7, 11) is 0. The lowest BCUT2D eigenvalue weighted by Crippen LogP contribution is -2.30. The van der Waals surface area contributed by atoms with E-state index in [0.717, 1.165) is 11.9 Å². The zero-order valence-electron chi connectivity index (χ0n) is 15.9. The van der Waals surface area contributed by atoms with Crippen LogP contribution in [-0.4, -0.2) is 38.7 Å². The van der Waals surface area contributed by atoms with Gasteiger partial charge in [0.2, 0.25) is 0 Å². The van der Waals surface area contributed by atoms with Crippen LogP contribution in [0.15, 0.2) is 41.0 Å². The molecule has 4 rings (SSSR count). The second-order valence-corrected chi connectivity index (χ2v) is 7.06. The number of carbonyl (C=O) groups is 1. The van der Waals surface area contributed by atoms with E-state index >= 15 is 0 Å². The van der Waals surface area contributed by atoms with Crippen LogP contribution < -0.4 is 5.32 Å². The Bertz CT molecular complexity index is 1000. The molecular weight excluding hydrogens is 380 g/mol. The van der Waals surface area contributed by atoms with Gasteiger partial charge >= 0.3 is 0 Å². The molecule has 0 aliphatic carbocycles.